The Kier molecular flexibility index (Phi) is 12.7. The molecule has 17 nitrogen and oxygen atoms in total. The smallest absolute Gasteiger partial charge is 0.407 e. The van der Waals surface area contributed by atoms with Crippen LogP contribution in [0.15, 0.2) is 67.0 Å². The molecule has 10 rings (SSSR count). The second-order valence-corrected chi connectivity index (χ2v) is 19.8. The lowest BCUT2D eigenvalue weighted by molar-refractivity contribution is -0.136. The van der Waals surface area contributed by atoms with Crippen LogP contribution < -0.4 is 20.1 Å². The fraction of sp³-hybridized carbons (Fsp3) is 0.434. The number of methoxy groups -OCH3 is 2. The first kappa shape index (κ1) is 47.3. The number of halogens is 1. The lowest BCUT2D eigenvalue weighted by atomic mass is 9.99. The average molecular weight is 970 g/mol. The Bertz CT molecular complexity index is 3030. The number of carbonyl (C=O) groups is 4. The molecule has 6 atom stereocenters. The van der Waals surface area contributed by atoms with Crippen molar-refractivity contribution in [2.24, 2.45) is 11.8 Å². The van der Waals surface area contributed by atoms with Crippen molar-refractivity contribution < 1.29 is 42.5 Å². The fourth-order valence-corrected chi connectivity index (χ4v) is 10.7. The van der Waals surface area contributed by atoms with Crippen LogP contribution in [0.3, 0.4) is 0 Å². The van der Waals surface area contributed by atoms with E-state index in [0.29, 0.717) is 65.8 Å². The van der Waals surface area contributed by atoms with Gasteiger partial charge in [0.15, 0.2) is 0 Å². The molecule has 0 bridgehead atoms. The maximum Gasteiger partial charge on any atom is 0.407 e. The van der Waals surface area contributed by atoms with Crippen molar-refractivity contribution in [3.05, 3.63) is 95.6 Å². The van der Waals surface area contributed by atoms with E-state index in [-0.39, 0.29) is 41.8 Å². The average Bonchev–Trinajstić information content (AvgIpc) is 4.23. The predicted octanol–water partition coefficient (Wildman–Crippen LogP) is 8.97. The largest absolute Gasteiger partial charge is 0.490 e. The second-order valence-electron chi connectivity index (χ2n) is 19.8. The second kappa shape index (κ2) is 19.1. The number of fused-ring (bicyclic) bond motifs is 6. The van der Waals surface area contributed by atoms with Gasteiger partial charge in [0.2, 0.25) is 18.0 Å². The number of likely N-dealkylation sites (tertiary alicyclic amines) is 2. The first-order chi connectivity index (χ1) is 34.2. The van der Waals surface area contributed by atoms with Crippen LogP contribution in [-0.2, 0) is 25.5 Å². The minimum atomic E-state index is -0.780. The molecule has 2 fully saturated rings. The Hall–Kier alpha value is -7.37. The van der Waals surface area contributed by atoms with E-state index in [9.17, 15) is 19.2 Å². The molecule has 6 aromatic rings. The minimum absolute atomic E-state index is 0.0615. The van der Waals surface area contributed by atoms with E-state index in [4.69, 9.17) is 28.9 Å². The predicted molar refractivity (Wildman–Crippen MR) is 262 cm³/mol. The Morgan fingerprint density at radius 1 is 0.732 bits per heavy atom. The van der Waals surface area contributed by atoms with E-state index in [0.717, 1.165) is 64.7 Å². The van der Waals surface area contributed by atoms with Gasteiger partial charge in [-0.15, -0.1) is 0 Å². The van der Waals surface area contributed by atoms with Crippen LogP contribution in [0.1, 0.15) is 108 Å². The monoisotopic (exact) mass is 969 g/mol. The molecule has 1 unspecified atom stereocenters. The summed E-state index contributed by atoms with van der Waals surface area (Å²) in [6.07, 6.45) is 6.20. The lowest BCUT2D eigenvalue weighted by Gasteiger charge is -2.32. The van der Waals surface area contributed by atoms with Crippen LogP contribution in [0.25, 0.3) is 44.7 Å². The molecule has 372 valence electrons. The zero-order valence-corrected chi connectivity index (χ0v) is 41.0. The lowest BCUT2D eigenvalue weighted by Crippen LogP contribution is -2.51. The third kappa shape index (κ3) is 8.81. The Morgan fingerprint density at radius 2 is 1.34 bits per heavy atom. The number of nitrogens with one attached hydrogen (secondary N) is 4. The molecular weight excluding hydrogens is 910 g/mol. The van der Waals surface area contributed by atoms with Crippen LogP contribution in [0.5, 0.6) is 11.5 Å². The number of alkyl carbamates (subject to hydrolysis) is 2. The number of imidazole rings is 2. The molecule has 18 heteroatoms. The van der Waals surface area contributed by atoms with Crippen LogP contribution >= 0.6 is 0 Å². The Labute approximate surface area is 410 Å². The fourth-order valence-electron chi connectivity index (χ4n) is 10.7. The number of hydrogen-bond acceptors (Lipinski definition) is 10. The van der Waals surface area contributed by atoms with E-state index in [1.54, 1.807) is 22.2 Å². The van der Waals surface area contributed by atoms with E-state index in [2.05, 4.69) is 39.7 Å². The third-order valence-corrected chi connectivity index (χ3v) is 14.4. The van der Waals surface area contributed by atoms with Crippen molar-refractivity contribution in [2.45, 2.75) is 110 Å². The summed E-state index contributed by atoms with van der Waals surface area (Å²) in [6.45, 7) is 10.6. The molecule has 3 aromatic heterocycles. The van der Waals surface area contributed by atoms with Crippen LogP contribution in [-0.4, -0.2) is 104 Å². The normalized spacial score (nSPS) is 20.2. The highest BCUT2D eigenvalue weighted by molar-refractivity contribution is 5.93. The highest BCUT2D eigenvalue weighted by atomic mass is 19.1. The van der Waals surface area contributed by atoms with Gasteiger partial charge in [-0.25, -0.2) is 23.9 Å². The maximum atomic E-state index is 17.0. The number of aromatic amines is 2. The van der Waals surface area contributed by atoms with Crippen LogP contribution in [0.4, 0.5) is 14.0 Å². The van der Waals surface area contributed by atoms with Gasteiger partial charge in [-0.3, -0.25) is 9.59 Å². The van der Waals surface area contributed by atoms with Gasteiger partial charge in [-0.1, -0.05) is 45.9 Å². The first-order valence-corrected chi connectivity index (χ1v) is 24.6. The molecule has 0 spiro atoms. The molecule has 4 aliphatic rings. The molecular formula is C53H60FN9O8. The SMILES string of the molecule is COC(=O)N[C@H](C(=O)N1CCC[C@H]1c1ncc(-c2cc(F)c3c(c2)OC(c2ccc4c(c2)O[C@@H](C)CC4)n2c-3cc3cc(-c4cnc([C@@H]5CCCN5C(=O)[C@@H](NC(=O)OC)C(C)C)[nH]4)ccc32)[nH]1)C(C)C. The van der Waals surface area contributed by atoms with Crippen LogP contribution in [0, 0.1) is 17.7 Å². The zero-order valence-electron chi connectivity index (χ0n) is 41.0. The van der Waals surface area contributed by atoms with Crippen LogP contribution in [0.2, 0.25) is 0 Å². The van der Waals surface area contributed by atoms with E-state index >= 15 is 4.39 Å². The van der Waals surface area contributed by atoms with E-state index < -0.39 is 36.3 Å². The van der Waals surface area contributed by atoms with Crippen molar-refractivity contribution in [1.82, 2.24) is 44.9 Å². The number of aryl methyl sites for hydroxylation is 1. The summed E-state index contributed by atoms with van der Waals surface area (Å²) in [5.41, 5.74) is 6.42. The van der Waals surface area contributed by atoms with Gasteiger partial charge in [-0.2, -0.15) is 0 Å². The number of amides is 4. The van der Waals surface area contributed by atoms with Gasteiger partial charge < -0.3 is 53.9 Å². The minimum Gasteiger partial charge on any atom is -0.490 e. The molecule has 4 N–H and O–H groups in total. The molecule has 71 heavy (non-hydrogen) atoms. The van der Waals surface area contributed by atoms with Gasteiger partial charge in [0.25, 0.3) is 0 Å². The van der Waals surface area contributed by atoms with Crippen molar-refractivity contribution in [2.75, 3.05) is 27.3 Å². The Morgan fingerprint density at radius 3 is 1.93 bits per heavy atom. The van der Waals surface area contributed by atoms with Crippen molar-refractivity contribution in [1.29, 1.82) is 0 Å². The summed E-state index contributed by atoms with van der Waals surface area (Å²) in [5.74, 6) is 1.13. The van der Waals surface area contributed by atoms with Gasteiger partial charge in [-0.05, 0) is 99.2 Å². The highest BCUT2D eigenvalue weighted by Gasteiger charge is 2.40. The number of benzene rings is 3. The quantitative estimate of drug-likeness (QED) is 0.0972. The summed E-state index contributed by atoms with van der Waals surface area (Å²) in [4.78, 5) is 71.9. The number of hydrogen-bond donors (Lipinski definition) is 4. The summed E-state index contributed by atoms with van der Waals surface area (Å²) in [6, 6.07) is 15.3. The molecule has 0 radical (unpaired) electrons. The molecule has 0 aliphatic carbocycles. The highest BCUT2D eigenvalue weighted by Crippen LogP contribution is 2.48. The number of rotatable bonds is 11. The number of nitrogens with zero attached hydrogens (tertiary/aromatic N) is 5. The Balaban J connectivity index is 0.986. The molecule has 7 heterocycles. The van der Waals surface area contributed by atoms with Crippen molar-refractivity contribution >= 4 is 34.9 Å². The summed E-state index contributed by atoms with van der Waals surface area (Å²) < 4.78 is 42.0. The van der Waals surface area contributed by atoms with E-state index in [1.165, 1.54) is 20.3 Å². The summed E-state index contributed by atoms with van der Waals surface area (Å²) >= 11 is 0. The molecule has 0 saturated carbocycles. The van der Waals surface area contributed by atoms with Gasteiger partial charge in [0, 0.05) is 35.2 Å². The molecule has 3 aromatic carbocycles. The zero-order chi connectivity index (χ0) is 49.8. The standard InChI is InChI=1S/C53H60FN9O8/c1-27(2)45(59-52(66)68-6)49(64)61-18-8-10-39(61)47-55-25-36(57-47)31-16-17-38-34(20-31)22-41-44-35(54)21-33(24-43(44)71-51(63(38)41)32-15-14-30-13-12-29(5)70-42(30)23-32)37-26-56-48(58-37)40-11-9-19-62(40)50(65)46(28(3)4)60-53(67)69-7/h14-17,20-29,39-40,45-46,51H,8-13,18-19H2,1-7H3,(H,55,57)(H,56,58)(H,59,66)(H,60,67)/t29-,39-,40-,45-,46-,51?/m0/s1. The molecule has 4 aliphatic heterocycles. The maximum absolute atomic E-state index is 17.0. The van der Waals surface area contributed by atoms with Gasteiger partial charge in [0.1, 0.15) is 41.0 Å². The van der Waals surface area contributed by atoms with Crippen molar-refractivity contribution in [3.63, 3.8) is 0 Å². The summed E-state index contributed by atoms with van der Waals surface area (Å²) in [7, 11) is 2.54. The number of carbonyl (C=O) groups excluding carboxylic acids is 4. The topological polar surface area (TPSA) is 198 Å². The third-order valence-electron chi connectivity index (χ3n) is 14.4. The summed E-state index contributed by atoms with van der Waals surface area (Å²) in [5, 5.41) is 6.25. The molecule has 4 amide bonds. The first-order valence-electron chi connectivity index (χ1n) is 24.6. The number of H-pyrrole nitrogens is 2. The van der Waals surface area contributed by atoms with Crippen molar-refractivity contribution in [3.8, 4) is 45.3 Å². The molecule has 2 saturated heterocycles. The van der Waals surface area contributed by atoms with E-state index in [1.807, 2.05) is 68.7 Å². The van der Waals surface area contributed by atoms with Gasteiger partial charge >= 0.3 is 12.2 Å². The number of ether oxygens (including phenoxy) is 4. The number of aromatic nitrogens is 5. The van der Waals surface area contributed by atoms with Gasteiger partial charge in [0.05, 0.1) is 73.0 Å².